The average Bonchev–Trinajstić information content (AvgIpc) is 2.27. The van der Waals surface area contributed by atoms with Gasteiger partial charge < -0.3 is 9.84 Å². The lowest BCUT2D eigenvalue weighted by molar-refractivity contribution is 0.00820. The van der Waals surface area contributed by atoms with Crippen molar-refractivity contribution < 1.29 is 9.84 Å². The van der Waals surface area contributed by atoms with Gasteiger partial charge >= 0.3 is 0 Å². The quantitative estimate of drug-likeness (QED) is 0.806. The molecule has 0 aliphatic heterocycles. The fourth-order valence-corrected chi connectivity index (χ4v) is 1.27. The van der Waals surface area contributed by atoms with Gasteiger partial charge in [0.15, 0.2) is 0 Å². The van der Waals surface area contributed by atoms with Crippen molar-refractivity contribution in [1.29, 1.82) is 0 Å². The first-order valence-corrected chi connectivity index (χ1v) is 5.52. The Balaban J connectivity index is 2.65. The molecule has 2 nitrogen and oxygen atoms in total. The summed E-state index contributed by atoms with van der Waals surface area (Å²) in [6, 6.07) is 7.96. The lowest BCUT2D eigenvalue weighted by Gasteiger charge is -2.22. The summed E-state index contributed by atoms with van der Waals surface area (Å²) in [5, 5.41) is 9.82. The van der Waals surface area contributed by atoms with Gasteiger partial charge in [-0.15, -0.1) is 0 Å². The number of benzene rings is 1. The van der Waals surface area contributed by atoms with Crippen LogP contribution in [0.15, 0.2) is 24.3 Å². The van der Waals surface area contributed by atoms with Crippen LogP contribution in [0.5, 0.6) is 5.75 Å². The summed E-state index contributed by atoms with van der Waals surface area (Å²) in [5.41, 5.74) is 0.449. The maximum atomic E-state index is 9.82. The molecule has 0 aromatic heterocycles. The molecule has 1 N–H and O–H groups in total. The van der Waals surface area contributed by atoms with E-state index in [0.29, 0.717) is 13.0 Å². The topological polar surface area (TPSA) is 29.5 Å². The smallest absolute Gasteiger partial charge is 0.122 e. The van der Waals surface area contributed by atoms with E-state index in [0.717, 1.165) is 12.2 Å². The fourth-order valence-electron chi connectivity index (χ4n) is 1.27. The Bertz CT molecular complexity index is 305. The molecule has 1 atom stereocenters. The van der Waals surface area contributed by atoms with Gasteiger partial charge in [0, 0.05) is 0 Å². The summed E-state index contributed by atoms with van der Waals surface area (Å²) in [5.74, 6) is 0.883. The third-order valence-corrected chi connectivity index (χ3v) is 2.65. The van der Waals surface area contributed by atoms with Crippen LogP contribution in [0.4, 0.5) is 0 Å². The molecule has 0 spiro atoms. The van der Waals surface area contributed by atoms with Crippen LogP contribution in [-0.2, 0) is 6.42 Å². The SMILES string of the molecule is CCc1ccccc1OCC(C)(O)CC. The number of hydrogen-bond donors (Lipinski definition) is 1. The van der Waals surface area contributed by atoms with E-state index >= 15 is 0 Å². The monoisotopic (exact) mass is 208 g/mol. The van der Waals surface area contributed by atoms with E-state index in [1.165, 1.54) is 5.56 Å². The molecule has 1 rings (SSSR count). The largest absolute Gasteiger partial charge is 0.490 e. The Morgan fingerprint density at radius 1 is 1.27 bits per heavy atom. The number of rotatable bonds is 5. The van der Waals surface area contributed by atoms with Gasteiger partial charge in [-0.25, -0.2) is 0 Å². The van der Waals surface area contributed by atoms with Crippen LogP contribution in [0, 0.1) is 0 Å². The molecule has 0 fully saturated rings. The predicted molar refractivity (Wildman–Crippen MR) is 62.2 cm³/mol. The number of hydrogen-bond acceptors (Lipinski definition) is 2. The first kappa shape index (κ1) is 12.1. The summed E-state index contributed by atoms with van der Waals surface area (Å²) < 4.78 is 5.63. The maximum Gasteiger partial charge on any atom is 0.122 e. The Kier molecular flexibility index (Phi) is 4.15. The fraction of sp³-hybridized carbons (Fsp3) is 0.538. The highest BCUT2D eigenvalue weighted by Gasteiger charge is 2.18. The number of aryl methyl sites for hydroxylation is 1. The second-order valence-corrected chi connectivity index (χ2v) is 4.10. The summed E-state index contributed by atoms with van der Waals surface area (Å²) in [6.45, 7) is 6.19. The third kappa shape index (κ3) is 3.56. The summed E-state index contributed by atoms with van der Waals surface area (Å²) >= 11 is 0. The van der Waals surface area contributed by atoms with Gasteiger partial charge in [-0.2, -0.15) is 0 Å². The summed E-state index contributed by atoms with van der Waals surface area (Å²) in [7, 11) is 0. The van der Waals surface area contributed by atoms with E-state index in [2.05, 4.69) is 13.0 Å². The molecule has 1 unspecified atom stereocenters. The van der Waals surface area contributed by atoms with Gasteiger partial charge in [-0.3, -0.25) is 0 Å². The predicted octanol–water partition coefficient (Wildman–Crippen LogP) is 2.79. The zero-order valence-electron chi connectivity index (χ0n) is 9.79. The highest BCUT2D eigenvalue weighted by Crippen LogP contribution is 2.20. The zero-order valence-corrected chi connectivity index (χ0v) is 9.79. The first-order valence-electron chi connectivity index (χ1n) is 5.52. The van der Waals surface area contributed by atoms with Crippen molar-refractivity contribution in [3.8, 4) is 5.75 Å². The van der Waals surface area contributed by atoms with E-state index in [1.54, 1.807) is 6.92 Å². The first-order chi connectivity index (χ1) is 7.09. The molecule has 0 aliphatic rings. The number of ether oxygens (including phenoxy) is 1. The van der Waals surface area contributed by atoms with E-state index in [4.69, 9.17) is 4.74 Å². The van der Waals surface area contributed by atoms with Crippen molar-refractivity contribution in [2.75, 3.05) is 6.61 Å². The van der Waals surface area contributed by atoms with Crippen molar-refractivity contribution in [2.24, 2.45) is 0 Å². The van der Waals surface area contributed by atoms with Crippen LogP contribution >= 0.6 is 0 Å². The van der Waals surface area contributed by atoms with Crippen molar-refractivity contribution in [1.82, 2.24) is 0 Å². The molecule has 0 aliphatic carbocycles. The van der Waals surface area contributed by atoms with E-state index in [9.17, 15) is 5.11 Å². The van der Waals surface area contributed by atoms with Gasteiger partial charge in [0.1, 0.15) is 12.4 Å². The molecular weight excluding hydrogens is 188 g/mol. The Hall–Kier alpha value is -1.02. The highest BCUT2D eigenvalue weighted by atomic mass is 16.5. The minimum Gasteiger partial charge on any atom is -0.490 e. The van der Waals surface area contributed by atoms with Crippen LogP contribution in [0.3, 0.4) is 0 Å². The molecule has 0 saturated carbocycles. The van der Waals surface area contributed by atoms with E-state index in [1.807, 2.05) is 25.1 Å². The zero-order chi connectivity index (χ0) is 11.3. The number of para-hydroxylation sites is 1. The van der Waals surface area contributed by atoms with Crippen molar-refractivity contribution in [3.63, 3.8) is 0 Å². The standard InChI is InChI=1S/C13H20O2/c1-4-11-8-6-7-9-12(11)15-10-13(3,14)5-2/h6-9,14H,4-5,10H2,1-3H3. The summed E-state index contributed by atoms with van der Waals surface area (Å²) in [4.78, 5) is 0. The minimum atomic E-state index is -0.735. The highest BCUT2D eigenvalue weighted by molar-refractivity contribution is 5.33. The van der Waals surface area contributed by atoms with E-state index < -0.39 is 5.60 Å². The second kappa shape index (κ2) is 5.17. The molecule has 0 amide bonds. The van der Waals surface area contributed by atoms with Gasteiger partial charge in [0.2, 0.25) is 0 Å². The van der Waals surface area contributed by atoms with Gasteiger partial charge in [-0.1, -0.05) is 32.0 Å². The van der Waals surface area contributed by atoms with Crippen LogP contribution in [0.2, 0.25) is 0 Å². The Morgan fingerprint density at radius 2 is 1.93 bits per heavy atom. The lowest BCUT2D eigenvalue weighted by atomic mass is 10.1. The van der Waals surface area contributed by atoms with Gasteiger partial charge in [-0.05, 0) is 31.4 Å². The molecule has 84 valence electrons. The van der Waals surface area contributed by atoms with Crippen molar-refractivity contribution in [2.45, 2.75) is 39.2 Å². The van der Waals surface area contributed by atoms with Crippen LogP contribution < -0.4 is 4.74 Å². The Morgan fingerprint density at radius 3 is 2.53 bits per heavy atom. The molecule has 1 aromatic carbocycles. The maximum absolute atomic E-state index is 9.82. The molecule has 0 saturated heterocycles. The summed E-state index contributed by atoms with van der Waals surface area (Å²) in [6.07, 6.45) is 1.64. The van der Waals surface area contributed by atoms with Crippen LogP contribution in [0.1, 0.15) is 32.8 Å². The van der Waals surface area contributed by atoms with Gasteiger partial charge in [0.05, 0.1) is 5.60 Å². The molecule has 0 heterocycles. The van der Waals surface area contributed by atoms with E-state index in [-0.39, 0.29) is 0 Å². The third-order valence-electron chi connectivity index (χ3n) is 2.65. The second-order valence-electron chi connectivity index (χ2n) is 4.10. The van der Waals surface area contributed by atoms with Gasteiger partial charge in [0.25, 0.3) is 0 Å². The van der Waals surface area contributed by atoms with Crippen LogP contribution in [-0.4, -0.2) is 17.3 Å². The van der Waals surface area contributed by atoms with Crippen molar-refractivity contribution in [3.05, 3.63) is 29.8 Å². The molecular formula is C13H20O2. The number of aliphatic hydroxyl groups is 1. The normalized spacial score (nSPS) is 14.7. The molecule has 2 heteroatoms. The molecule has 0 bridgehead atoms. The Labute approximate surface area is 91.9 Å². The lowest BCUT2D eigenvalue weighted by Crippen LogP contribution is -2.31. The average molecular weight is 208 g/mol. The van der Waals surface area contributed by atoms with Crippen molar-refractivity contribution >= 4 is 0 Å². The molecule has 15 heavy (non-hydrogen) atoms. The minimum absolute atomic E-state index is 0.348. The molecule has 0 radical (unpaired) electrons. The molecule has 1 aromatic rings. The van der Waals surface area contributed by atoms with Crippen LogP contribution in [0.25, 0.3) is 0 Å².